The molecule has 2 aromatic heterocycles. The molecular weight excluding hydrogens is 558 g/mol. The third kappa shape index (κ3) is 7.09. The Morgan fingerprint density at radius 3 is 2.41 bits per heavy atom. The van der Waals surface area contributed by atoms with Gasteiger partial charge in [0.2, 0.25) is 15.2 Å². The summed E-state index contributed by atoms with van der Waals surface area (Å²) < 4.78 is 28.2. The molecule has 3 aromatic rings. The normalized spacial score (nSPS) is 13.2. The highest BCUT2D eigenvalue weighted by Crippen LogP contribution is 2.37. The lowest BCUT2D eigenvalue weighted by Gasteiger charge is -2.41. The minimum absolute atomic E-state index is 0.0131. The minimum Gasteiger partial charge on any atom is -0.462 e. The van der Waals surface area contributed by atoms with Crippen LogP contribution in [0, 0.1) is 11.7 Å². The predicted molar refractivity (Wildman–Crippen MR) is 156 cm³/mol. The molecule has 3 rings (SSSR count). The maximum atomic E-state index is 14.7. The van der Waals surface area contributed by atoms with Crippen molar-refractivity contribution < 1.29 is 18.3 Å². The van der Waals surface area contributed by atoms with E-state index in [9.17, 15) is 14.0 Å². The fourth-order valence-electron chi connectivity index (χ4n) is 4.65. The minimum atomic E-state index is -0.741. The van der Waals surface area contributed by atoms with Crippen molar-refractivity contribution in [2.45, 2.75) is 78.5 Å². The summed E-state index contributed by atoms with van der Waals surface area (Å²) in [5.74, 6) is -1.28. The smallest absolute Gasteiger partial charge is 0.343 e. The number of halogens is 3. The first kappa shape index (κ1) is 31.3. The summed E-state index contributed by atoms with van der Waals surface area (Å²) >= 11 is 12.6. The van der Waals surface area contributed by atoms with Gasteiger partial charge in [0.1, 0.15) is 16.9 Å². The Hall–Kier alpha value is -2.26. The van der Waals surface area contributed by atoms with Crippen LogP contribution in [0.15, 0.2) is 35.3 Å². The molecule has 0 amide bonds. The zero-order valence-electron chi connectivity index (χ0n) is 23.6. The van der Waals surface area contributed by atoms with E-state index in [-0.39, 0.29) is 66.5 Å². The van der Waals surface area contributed by atoms with Gasteiger partial charge in [-0.05, 0) is 49.4 Å². The quantitative estimate of drug-likeness (QED) is 0.191. The van der Waals surface area contributed by atoms with E-state index in [1.165, 1.54) is 12.3 Å². The molecule has 0 saturated heterocycles. The molecule has 2 radical (unpaired) electrons. The standard InChI is InChI=1S/C29H35Cl2FN2O4Si/c1-9-37-27(36)18-15-34(26(16(2)3)29(7,8)38-39-28(4,5)6)22-14-20(31)21(33-24(22)25(18)35)13-17-11-10-12-19(30)23(17)32/h10-12,14-16,26H,9,13H2,1-8H3/t26-/m0/s1. The average Bonchev–Trinajstić information content (AvgIpc) is 2.82. The number of esters is 1. The first-order valence-electron chi connectivity index (χ1n) is 12.9. The molecule has 0 N–H and O–H groups in total. The van der Waals surface area contributed by atoms with Gasteiger partial charge in [0.15, 0.2) is 0 Å². The summed E-state index contributed by atoms with van der Waals surface area (Å²) in [5.41, 5.74) is -0.342. The lowest BCUT2D eigenvalue weighted by molar-refractivity contribution is 0.0287. The molecule has 10 heteroatoms. The zero-order chi connectivity index (χ0) is 29.3. The average molecular weight is 594 g/mol. The van der Waals surface area contributed by atoms with Crippen LogP contribution in [0.5, 0.6) is 0 Å². The zero-order valence-corrected chi connectivity index (χ0v) is 26.1. The molecule has 6 nitrogen and oxygen atoms in total. The van der Waals surface area contributed by atoms with Gasteiger partial charge in [-0.25, -0.2) is 14.2 Å². The van der Waals surface area contributed by atoms with Crippen molar-refractivity contribution in [3.8, 4) is 0 Å². The van der Waals surface area contributed by atoms with E-state index in [4.69, 9.17) is 32.4 Å². The molecule has 0 saturated carbocycles. The number of ether oxygens (including phenoxy) is 1. The van der Waals surface area contributed by atoms with E-state index in [2.05, 4.69) is 39.6 Å². The highest BCUT2D eigenvalue weighted by Gasteiger charge is 2.37. The second kappa shape index (κ2) is 12.1. The van der Waals surface area contributed by atoms with Crippen LogP contribution in [-0.4, -0.2) is 37.5 Å². The highest BCUT2D eigenvalue weighted by molar-refractivity contribution is 6.32. The van der Waals surface area contributed by atoms with Crippen molar-refractivity contribution in [3.05, 3.63) is 73.4 Å². The van der Waals surface area contributed by atoms with E-state index in [1.807, 2.05) is 18.4 Å². The molecule has 0 aliphatic rings. The van der Waals surface area contributed by atoms with Gasteiger partial charge in [-0.2, -0.15) is 0 Å². The number of fused-ring (bicyclic) bond motifs is 1. The molecule has 0 bridgehead atoms. The number of hydrogen-bond donors (Lipinski definition) is 0. The Bertz CT molecular complexity index is 1430. The molecule has 0 unspecified atom stereocenters. The molecule has 0 aliphatic carbocycles. The van der Waals surface area contributed by atoms with E-state index in [0.29, 0.717) is 11.2 Å². The van der Waals surface area contributed by atoms with Gasteiger partial charge in [0.25, 0.3) is 0 Å². The number of aromatic nitrogens is 2. The predicted octanol–water partition coefficient (Wildman–Crippen LogP) is 7.44. The van der Waals surface area contributed by atoms with E-state index >= 15 is 0 Å². The third-order valence-corrected chi connectivity index (χ3v) is 8.04. The Morgan fingerprint density at radius 1 is 1.15 bits per heavy atom. The number of carbonyl (C=O) groups is 1. The van der Waals surface area contributed by atoms with Crippen molar-refractivity contribution in [2.75, 3.05) is 6.61 Å². The number of hydrogen-bond acceptors (Lipinski definition) is 5. The third-order valence-electron chi connectivity index (χ3n) is 6.18. The van der Waals surface area contributed by atoms with E-state index in [0.717, 1.165) is 0 Å². The number of nitrogens with zero attached hydrogens (tertiary/aromatic N) is 2. The van der Waals surface area contributed by atoms with E-state index < -0.39 is 22.8 Å². The highest BCUT2D eigenvalue weighted by atomic mass is 35.5. The van der Waals surface area contributed by atoms with Crippen molar-refractivity contribution in [3.63, 3.8) is 0 Å². The van der Waals surface area contributed by atoms with Crippen LogP contribution in [-0.2, 0) is 15.6 Å². The fourth-order valence-corrected chi connectivity index (χ4v) is 5.75. The summed E-state index contributed by atoms with van der Waals surface area (Å²) in [6, 6.07) is 6.01. The fraction of sp³-hybridized carbons (Fsp3) is 0.483. The number of rotatable bonds is 9. The summed E-state index contributed by atoms with van der Waals surface area (Å²) in [6.07, 6.45) is 1.53. The van der Waals surface area contributed by atoms with Gasteiger partial charge in [-0.3, -0.25) is 4.79 Å². The van der Waals surface area contributed by atoms with Crippen molar-refractivity contribution in [1.29, 1.82) is 0 Å². The Morgan fingerprint density at radius 2 is 1.82 bits per heavy atom. The maximum Gasteiger partial charge on any atom is 0.343 e. The summed E-state index contributed by atoms with van der Waals surface area (Å²) in [6.45, 7) is 16.2. The van der Waals surface area contributed by atoms with Gasteiger partial charge >= 0.3 is 5.97 Å². The van der Waals surface area contributed by atoms with Crippen LogP contribution in [0.1, 0.15) is 83.0 Å². The molecule has 0 fully saturated rings. The SMILES string of the molecule is CCOC(=O)c1cn([C@@H](C(C)C)C(C)(C)O[Si]C(C)(C)C)c2cc(Cl)c(Cc3cccc(Cl)c3F)nc2c1=O. The summed E-state index contributed by atoms with van der Waals surface area (Å²) in [7, 11) is 0.213. The second-order valence-corrected chi connectivity index (χ2v) is 14.1. The molecule has 39 heavy (non-hydrogen) atoms. The Labute approximate surface area is 241 Å². The van der Waals surface area contributed by atoms with Crippen LogP contribution in [0.2, 0.25) is 15.1 Å². The summed E-state index contributed by atoms with van der Waals surface area (Å²) in [4.78, 5) is 31.1. The molecular formula is C29H35Cl2FN2O4Si. The molecule has 210 valence electrons. The van der Waals surface area contributed by atoms with Crippen LogP contribution < -0.4 is 5.43 Å². The first-order chi connectivity index (χ1) is 18.1. The van der Waals surface area contributed by atoms with Gasteiger partial charge in [0.05, 0.1) is 39.5 Å². The van der Waals surface area contributed by atoms with Crippen LogP contribution in [0.4, 0.5) is 4.39 Å². The first-order valence-corrected chi connectivity index (χ1v) is 14.5. The molecule has 1 aromatic carbocycles. The monoisotopic (exact) mass is 592 g/mol. The van der Waals surface area contributed by atoms with Crippen LogP contribution in [0.25, 0.3) is 11.0 Å². The van der Waals surface area contributed by atoms with Crippen molar-refractivity contribution >= 4 is 50.0 Å². The maximum absolute atomic E-state index is 14.7. The van der Waals surface area contributed by atoms with Crippen molar-refractivity contribution in [1.82, 2.24) is 9.55 Å². The second-order valence-electron chi connectivity index (χ2n) is 11.4. The van der Waals surface area contributed by atoms with Gasteiger partial charge in [-0.1, -0.05) is 70.0 Å². The van der Waals surface area contributed by atoms with E-state index in [1.54, 1.807) is 25.1 Å². The van der Waals surface area contributed by atoms with Gasteiger partial charge in [0, 0.05) is 12.6 Å². The Balaban J connectivity index is 2.30. The van der Waals surface area contributed by atoms with Crippen LogP contribution in [0.3, 0.4) is 0 Å². The Kier molecular flexibility index (Phi) is 9.69. The topological polar surface area (TPSA) is 70.4 Å². The molecule has 0 spiro atoms. The molecule has 0 aliphatic heterocycles. The largest absolute Gasteiger partial charge is 0.462 e. The number of pyridine rings is 2. The van der Waals surface area contributed by atoms with Crippen LogP contribution >= 0.6 is 23.2 Å². The van der Waals surface area contributed by atoms with Crippen molar-refractivity contribution in [2.24, 2.45) is 5.92 Å². The lowest BCUT2D eigenvalue weighted by Crippen LogP contribution is -2.42. The molecule has 2 heterocycles. The van der Waals surface area contributed by atoms with Gasteiger partial charge < -0.3 is 13.7 Å². The number of benzene rings is 1. The summed E-state index contributed by atoms with van der Waals surface area (Å²) in [5, 5.41) is 0.196. The lowest BCUT2D eigenvalue weighted by atomic mass is 9.88. The van der Waals surface area contributed by atoms with Gasteiger partial charge in [-0.15, -0.1) is 0 Å². The molecule has 1 atom stereocenters. The number of carbonyl (C=O) groups excluding carboxylic acids is 1.